The Morgan fingerprint density at radius 3 is 3.09 bits per heavy atom. The van der Waals surface area contributed by atoms with Gasteiger partial charge in [0.25, 0.3) is 0 Å². The van der Waals surface area contributed by atoms with Crippen LogP contribution in [0.2, 0.25) is 0 Å². The van der Waals surface area contributed by atoms with E-state index >= 15 is 0 Å². The summed E-state index contributed by atoms with van der Waals surface area (Å²) in [6.45, 7) is 3.17. The van der Waals surface area contributed by atoms with Gasteiger partial charge in [0.15, 0.2) is 0 Å². The summed E-state index contributed by atoms with van der Waals surface area (Å²) >= 11 is 0. The predicted molar refractivity (Wildman–Crippen MR) is 82.1 cm³/mol. The van der Waals surface area contributed by atoms with E-state index in [1.54, 1.807) is 35.8 Å². The Hall–Kier alpha value is -2.57. The molecule has 1 unspecified atom stereocenters. The lowest BCUT2D eigenvalue weighted by atomic mass is 10.1. The molecule has 1 N–H and O–H groups in total. The second-order valence-electron chi connectivity index (χ2n) is 5.63. The molecule has 0 aromatic carbocycles. The monoisotopic (exact) mass is 316 g/mol. The topological polar surface area (TPSA) is 80.4 Å². The Balaban J connectivity index is 1.72. The molecule has 2 aromatic heterocycles. The molecular weight excluding hydrogens is 296 g/mol. The van der Waals surface area contributed by atoms with Gasteiger partial charge in [0.1, 0.15) is 11.8 Å². The maximum atomic E-state index is 12.5. The van der Waals surface area contributed by atoms with Gasteiger partial charge in [-0.1, -0.05) is 6.92 Å². The summed E-state index contributed by atoms with van der Waals surface area (Å²) in [6, 6.07) is 3.12. The average Bonchev–Trinajstić information content (AvgIpc) is 3.22. The molecule has 0 radical (unpaired) electrons. The Bertz CT molecular complexity index is 677. The Morgan fingerprint density at radius 1 is 1.48 bits per heavy atom. The van der Waals surface area contributed by atoms with Gasteiger partial charge in [-0.3, -0.25) is 9.59 Å². The molecule has 1 atom stereocenters. The van der Waals surface area contributed by atoms with Crippen LogP contribution in [0, 0.1) is 0 Å². The van der Waals surface area contributed by atoms with Gasteiger partial charge < -0.3 is 19.2 Å². The Kier molecular flexibility index (Phi) is 4.45. The molecule has 0 saturated carbocycles. The van der Waals surface area contributed by atoms with Crippen LogP contribution in [-0.4, -0.2) is 32.8 Å². The van der Waals surface area contributed by atoms with Crippen LogP contribution in [0.25, 0.3) is 0 Å². The van der Waals surface area contributed by atoms with Crippen LogP contribution in [0.1, 0.15) is 37.3 Å². The number of fused-ring (bicyclic) bond motifs is 1. The van der Waals surface area contributed by atoms with Gasteiger partial charge in [-0.25, -0.2) is 4.98 Å². The minimum Gasteiger partial charge on any atom is -0.467 e. The van der Waals surface area contributed by atoms with Crippen LogP contribution >= 0.6 is 0 Å². The first-order valence-electron chi connectivity index (χ1n) is 7.77. The number of hydrogen-bond donors (Lipinski definition) is 1. The highest BCUT2D eigenvalue weighted by Crippen LogP contribution is 2.22. The van der Waals surface area contributed by atoms with E-state index in [9.17, 15) is 9.59 Å². The summed E-state index contributed by atoms with van der Waals surface area (Å²) in [5, 5.41) is 2.86. The SMILES string of the molecule is CCCC(=O)N1Cc2cncn2C(C(=O)NCc2ccco2)C1. The third-order valence-electron chi connectivity index (χ3n) is 3.96. The van der Waals surface area contributed by atoms with Crippen LogP contribution in [0.4, 0.5) is 0 Å². The lowest BCUT2D eigenvalue weighted by molar-refractivity contribution is -0.135. The average molecular weight is 316 g/mol. The maximum Gasteiger partial charge on any atom is 0.245 e. The van der Waals surface area contributed by atoms with E-state index in [-0.39, 0.29) is 11.8 Å². The van der Waals surface area contributed by atoms with E-state index in [1.807, 2.05) is 11.5 Å². The summed E-state index contributed by atoms with van der Waals surface area (Å²) in [5.74, 6) is 0.623. The molecule has 2 amide bonds. The van der Waals surface area contributed by atoms with E-state index in [4.69, 9.17) is 4.42 Å². The summed E-state index contributed by atoms with van der Waals surface area (Å²) in [6.07, 6.45) is 6.21. The fraction of sp³-hybridized carbons (Fsp3) is 0.438. The zero-order valence-electron chi connectivity index (χ0n) is 13.1. The summed E-state index contributed by atoms with van der Waals surface area (Å²) in [4.78, 5) is 30.6. The molecule has 3 heterocycles. The highest BCUT2D eigenvalue weighted by Gasteiger charge is 2.32. The van der Waals surface area contributed by atoms with Gasteiger partial charge in [-0.2, -0.15) is 0 Å². The number of nitrogens with zero attached hydrogens (tertiary/aromatic N) is 3. The number of amides is 2. The molecule has 7 heteroatoms. The van der Waals surface area contributed by atoms with Crippen molar-refractivity contribution >= 4 is 11.8 Å². The van der Waals surface area contributed by atoms with Crippen molar-refractivity contribution in [3.05, 3.63) is 42.4 Å². The second-order valence-corrected chi connectivity index (χ2v) is 5.63. The number of carbonyl (C=O) groups excluding carboxylic acids is 2. The third kappa shape index (κ3) is 3.28. The van der Waals surface area contributed by atoms with Crippen LogP contribution in [0.3, 0.4) is 0 Å². The normalized spacial score (nSPS) is 16.9. The number of hydrogen-bond acceptors (Lipinski definition) is 4. The van der Waals surface area contributed by atoms with Gasteiger partial charge in [-0.15, -0.1) is 0 Å². The number of aromatic nitrogens is 2. The number of nitrogens with one attached hydrogen (secondary N) is 1. The van der Waals surface area contributed by atoms with Crippen molar-refractivity contribution in [1.29, 1.82) is 0 Å². The van der Waals surface area contributed by atoms with E-state index in [0.29, 0.717) is 31.8 Å². The van der Waals surface area contributed by atoms with Crippen LogP contribution in [0.15, 0.2) is 35.3 Å². The minimum atomic E-state index is -0.461. The zero-order valence-corrected chi connectivity index (χ0v) is 13.1. The molecule has 0 saturated heterocycles. The molecule has 3 rings (SSSR count). The van der Waals surface area contributed by atoms with Crippen molar-refractivity contribution in [1.82, 2.24) is 19.8 Å². The first-order valence-corrected chi connectivity index (χ1v) is 7.77. The molecule has 23 heavy (non-hydrogen) atoms. The van der Waals surface area contributed by atoms with Crippen molar-refractivity contribution in [3.63, 3.8) is 0 Å². The summed E-state index contributed by atoms with van der Waals surface area (Å²) < 4.78 is 7.06. The lowest BCUT2D eigenvalue weighted by Gasteiger charge is -2.33. The summed E-state index contributed by atoms with van der Waals surface area (Å²) in [7, 11) is 0. The van der Waals surface area contributed by atoms with Crippen LogP contribution in [0.5, 0.6) is 0 Å². The highest BCUT2D eigenvalue weighted by molar-refractivity contribution is 5.82. The number of imidazole rings is 1. The standard InChI is InChI=1S/C16H20N4O3/c1-2-4-15(21)19-9-12-7-17-11-20(12)14(10-19)16(22)18-8-13-5-3-6-23-13/h3,5-7,11,14H,2,4,8-10H2,1H3,(H,18,22). The molecule has 1 aliphatic heterocycles. The van der Waals surface area contributed by atoms with E-state index in [1.165, 1.54) is 0 Å². The van der Waals surface area contributed by atoms with E-state index in [0.717, 1.165) is 12.1 Å². The Morgan fingerprint density at radius 2 is 2.35 bits per heavy atom. The smallest absolute Gasteiger partial charge is 0.245 e. The van der Waals surface area contributed by atoms with Gasteiger partial charge in [0.05, 0.1) is 37.9 Å². The quantitative estimate of drug-likeness (QED) is 0.906. The fourth-order valence-corrected chi connectivity index (χ4v) is 2.77. The first kappa shape index (κ1) is 15.3. The maximum absolute atomic E-state index is 12.5. The molecule has 0 aliphatic carbocycles. The van der Waals surface area contributed by atoms with Gasteiger partial charge in [0.2, 0.25) is 11.8 Å². The summed E-state index contributed by atoms with van der Waals surface area (Å²) in [5.41, 5.74) is 0.874. The fourth-order valence-electron chi connectivity index (χ4n) is 2.77. The van der Waals surface area contributed by atoms with Crippen molar-refractivity contribution in [3.8, 4) is 0 Å². The zero-order chi connectivity index (χ0) is 16.2. The highest BCUT2D eigenvalue weighted by atomic mass is 16.3. The molecule has 122 valence electrons. The molecular formula is C16H20N4O3. The second kappa shape index (κ2) is 6.68. The van der Waals surface area contributed by atoms with Crippen molar-refractivity contribution < 1.29 is 14.0 Å². The van der Waals surface area contributed by atoms with Gasteiger partial charge in [-0.05, 0) is 18.6 Å². The molecule has 0 fully saturated rings. The van der Waals surface area contributed by atoms with Crippen molar-refractivity contribution in [2.45, 2.75) is 38.9 Å². The third-order valence-corrected chi connectivity index (χ3v) is 3.96. The van der Waals surface area contributed by atoms with Gasteiger partial charge in [0, 0.05) is 12.6 Å². The Labute approximate surface area is 134 Å². The largest absolute Gasteiger partial charge is 0.467 e. The minimum absolute atomic E-state index is 0.0729. The molecule has 0 spiro atoms. The van der Waals surface area contributed by atoms with E-state index in [2.05, 4.69) is 10.3 Å². The number of furan rings is 1. The number of rotatable bonds is 5. The molecule has 0 bridgehead atoms. The molecule has 2 aromatic rings. The first-order chi connectivity index (χ1) is 11.2. The van der Waals surface area contributed by atoms with E-state index < -0.39 is 6.04 Å². The molecule has 7 nitrogen and oxygen atoms in total. The van der Waals surface area contributed by atoms with Crippen LogP contribution < -0.4 is 5.32 Å². The van der Waals surface area contributed by atoms with Gasteiger partial charge >= 0.3 is 0 Å². The van der Waals surface area contributed by atoms with Crippen molar-refractivity contribution in [2.75, 3.05) is 6.54 Å². The lowest BCUT2D eigenvalue weighted by Crippen LogP contribution is -2.46. The predicted octanol–water partition coefficient (Wildman–Crippen LogP) is 1.48. The van der Waals surface area contributed by atoms with Crippen molar-refractivity contribution in [2.24, 2.45) is 0 Å². The molecule has 1 aliphatic rings. The van der Waals surface area contributed by atoms with Crippen LogP contribution in [-0.2, 0) is 22.7 Å². The number of carbonyl (C=O) groups is 2.